The summed E-state index contributed by atoms with van der Waals surface area (Å²) < 4.78 is 0. The highest BCUT2D eigenvalue weighted by Crippen LogP contribution is 2.17. The van der Waals surface area contributed by atoms with E-state index in [-0.39, 0.29) is 11.0 Å². The predicted octanol–water partition coefficient (Wildman–Crippen LogP) is 2.75. The lowest BCUT2D eigenvalue weighted by atomic mass is 9.91. The van der Waals surface area contributed by atoms with Crippen molar-refractivity contribution in [1.82, 2.24) is 10.2 Å². The molecule has 0 saturated heterocycles. The van der Waals surface area contributed by atoms with Gasteiger partial charge in [0.1, 0.15) is 0 Å². The highest BCUT2D eigenvalue weighted by Gasteiger charge is 2.23. The van der Waals surface area contributed by atoms with E-state index in [9.17, 15) is 0 Å². The molecule has 0 radical (unpaired) electrons. The van der Waals surface area contributed by atoms with Crippen LogP contribution in [0.15, 0.2) is 0 Å². The van der Waals surface area contributed by atoms with Gasteiger partial charge in [0.2, 0.25) is 0 Å². The van der Waals surface area contributed by atoms with Gasteiger partial charge < -0.3 is 5.32 Å². The highest BCUT2D eigenvalue weighted by molar-refractivity contribution is 4.90. The van der Waals surface area contributed by atoms with Gasteiger partial charge in [-0.05, 0) is 39.2 Å². The number of hydrogen-bond acceptors (Lipinski definition) is 2. The summed E-state index contributed by atoms with van der Waals surface area (Å²) in [6.07, 6.45) is 6.57. The Balaban J connectivity index is 4.24. The molecule has 0 atom stereocenters. The average Bonchev–Trinajstić information content (AvgIpc) is 2.14. The third-order valence-electron chi connectivity index (χ3n) is 2.60. The molecule has 0 aromatic rings. The number of hydrogen-bond donors (Lipinski definition) is 1. The van der Waals surface area contributed by atoms with E-state index in [2.05, 4.69) is 57.7 Å². The average molecular weight is 238 g/mol. The molecule has 0 saturated carbocycles. The molecule has 0 aliphatic rings. The number of nitrogens with zero attached hydrogens (tertiary/aromatic N) is 1. The normalized spacial score (nSPS) is 12.8. The van der Waals surface area contributed by atoms with E-state index in [0.29, 0.717) is 0 Å². The minimum Gasteiger partial charge on any atom is -0.311 e. The molecule has 0 bridgehead atoms. The first kappa shape index (κ1) is 16.5. The molecule has 0 aromatic carbocycles. The molecule has 0 spiro atoms. The monoisotopic (exact) mass is 238 g/mol. The quantitative estimate of drug-likeness (QED) is 0.686. The van der Waals surface area contributed by atoms with Gasteiger partial charge in [-0.3, -0.25) is 4.90 Å². The molecule has 1 N–H and O–H groups in total. The van der Waals surface area contributed by atoms with Crippen LogP contribution < -0.4 is 5.32 Å². The van der Waals surface area contributed by atoms with Gasteiger partial charge in [-0.2, -0.15) is 0 Å². The zero-order valence-corrected chi connectivity index (χ0v) is 12.6. The standard InChI is InChI=1S/C15H30N2/c1-8-10-17(11-9-2)13-15(6,7)12-16-14(3,4)5/h1,16H,9-13H2,2-7H3. The second-order valence-corrected chi connectivity index (χ2v) is 6.68. The lowest BCUT2D eigenvalue weighted by Crippen LogP contribution is -2.46. The first-order valence-electron chi connectivity index (χ1n) is 6.61. The van der Waals surface area contributed by atoms with Crippen LogP contribution in [0.2, 0.25) is 0 Å². The summed E-state index contributed by atoms with van der Waals surface area (Å²) in [6, 6.07) is 0. The van der Waals surface area contributed by atoms with Crippen molar-refractivity contribution in [2.75, 3.05) is 26.2 Å². The van der Waals surface area contributed by atoms with Gasteiger partial charge in [0.15, 0.2) is 0 Å². The molecule has 0 amide bonds. The molecule has 17 heavy (non-hydrogen) atoms. The van der Waals surface area contributed by atoms with Crippen LogP contribution in [0.1, 0.15) is 48.0 Å². The lowest BCUT2D eigenvalue weighted by Gasteiger charge is -2.34. The largest absolute Gasteiger partial charge is 0.311 e. The van der Waals surface area contributed by atoms with Crippen LogP contribution in [0.3, 0.4) is 0 Å². The summed E-state index contributed by atoms with van der Waals surface area (Å²) in [7, 11) is 0. The fourth-order valence-electron chi connectivity index (χ4n) is 1.83. The third kappa shape index (κ3) is 9.21. The fourth-order valence-corrected chi connectivity index (χ4v) is 1.83. The minimum atomic E-state index is 0.180. The van der Waals surface area contributed by atoms with Crippen molar-refractivity contribution in [1.29, 1.82) is 0 Å². The molecular weight excluding hydrogens is 208 g/mol. The summed E-state index contributed by atoms with van der Waals surface area (Å²) in [5, 5.41) is 3.57. The van der Waals surface area contributed by atoms with Crippen molar-refractivity contribution >= 4 is 0 Å². The lowest BCUT2D eigenvalue weighted by molar-refractivity contribution is 0.179. The second kappa shape index (κ2) is 7.03. The zero-order valence-electron chi connectivity index (χ0n) is 12.6. The third-order valence-corrected chi connectivity index (χ3v) is 2.60. The molecule has 0 unspecified atom stereocenters. The SMILES string of the molecule is C#CCN(CCC)CC(C)(C)CNC(C)(C)C. The van der Waals surface area contributed by atoms with E-state index in [1.165, 1.54) is 0 Å². The molecule has 0 aromatic heterocycles. The summed E-state index contributed by atoms with van der Waals surface area (Å²) in [4.78, 5) is 2.37. The number of terminal acetylenes is 1. The first-order chi connectivity index (χ1) is 7.70. The van der Waals surface area contributed by atoms with Crippen LogP contribution in [0.4, 0.5) is 0 Å². The Kier molecular flexibility index (Phi) is 6.82. The minimum absolute atomic E-state index is 0.180. The van der Waals surface area contributed by atoms with E-state index in [0.717, 1.165) is 32.6 Å². The number of rotatable bonds is 7. The maximum atomic E-state index is 5.41. The molecular formula is C15H30N2. The summed E-state index contributed by atoms with van der Waals surface area (Å²) in [5.41, 5.74) is 0.429. The topological polar surface area (TPSA) is 15.3 Å². The Morgan fingerprint density at radius 3 is 2.18 bits per heavy atom. The Bertz CT molecular complexity index is 243. The van der Waals surface area contributed by atoms with Gasteiger partial charge in [0, 0.05) is 18.6 Å². The molecule has 0 rings (SSSR count). The first-order valence-corrected chi connectivity index (χ1v) is 6.61. The second-order valence-electron chi connectivity index (χ2n) is 6.68. The Morgan fingerprint density at radius 1 is 1.18 bits per heavy atom. The van der Waals surface area contributed by atoms with Gasteiger partial charge in [-0.25, -0.2) is 0 Å². The molecule has 2 heteroatoms. The van der Waals surface area contributed by atoms with Gasteiger partial charge in [0.05, 0.1) is 6.54 Å². The van der Waals surface area contributed by atoms with Crippen molar-refractivity contribution in [2.45, 2.75) is 53.5 Å². The van der Waals surface area contributed by atoms with Crippen molar-refractivity contribution in [3.63, 3.8) is 0 Å². The molecule has 0 aliphatic heterocycles. The van der Waals surface area contributed by atoms with E-state index in [4.69, 9.17) is 6.42 Å². The summed E-state index contributed by atoms with van der Waals surface area (Å²) >= 11 is 0. The van der Waals surface area contributed by atoms with E-state index in [1.54, 1.807) is 0 Å². The molecule has 100 valence electrons. The van der Waals surface area contributed by atoms with E-state index in [1.807, 2.05) is 0 Å². The van der Waals surface area contributed by atoms with Gasteiger partial charge in [-0.1, -0.05) is 26.7 Å². The van der Waals surface area contributed by atoms with E-state index < -0.39 is 0 Å². The van der Waals surface area contributed by atoms with Crippen molar-refractivity contribution < 1.29 is 0 Å². The van der Waals surface area contributed by atoms with E-state index >= 15 is 0 Å². The molecule has 0 heterocycles. The summed E-state index contributed by atoms with van der Waals surface area (Å²) in [6.45, 7) is 17.3. The molecule has 2 nitrogen and oxygen atoms in total. The Morgan fingerprint density at radius 2 is 1.76 bits per heavy atom. The van der Waals surface area contributed by atoms with Crippen LogP contribution >= 0.6 is 0 Å². The van der Waals surface area contributed by atoms with Crippen LogP contribution in [0.25, 0.3) is 0 Å². The Labute approximate surface area is 108 Å². The molecule has 0 fully saturated rings. The summed E-state index contributed by atoms with van der Waals surface area (Å²) in [5.74, 6) is 2.75. The van der Waals surface area contributed by atoms with Crippen LogP contribution in [0.5, 0.6) is 0 Å². The van der Waals surface area contributed by atoms with Gasteiger partial charge in [0.25, 0.3) is 0 Å². The van der Waals surface area contributed by atoms with Crippen LogP contribution in [0, 0.1) is 17.8 Å². The maximum Gasteiger partial charge on any atom is 0.0599 e. The molecule has 0 aliphatic carbocycles. The van der Waals surface area contributed by atoms with Crippen LogP contribution in [-0.4, -0.2) is 36.6 Å². The smallest absolute Gasteiger partial charge is 0.0599 e. The van der Waals surface area contributed by atoms with Crippen molar-refractivity contribution in [3.05, 3.63) is 0 Å². The Hall–Kier alpha value is -0.520. The van der Waals surface area contributed by atoms with Crippen LogP contribution in [-0.2, 0) is 0 Å². The van der Waals surface area contributed by atoms with Gasteiger partial charge in [-0.15, -0.1) is 6.42 Å². The van der Waals surface area contributed by atoms with Crippen molar-refractivity contribution in [3.8, 4) is 12.3 Å². The predicted molar refractivity (Wildman–Crippen MR) is 77.1 cm³/mol. The number of nitrogens with one attached hydrogen (secondary N) is 1. The maximum absolute atomic E-state index is 5.41. The van der Waals surface area contributed by atoms with Crippen molar-refractivity contribution in [2.24, 2.45) is 5.41 Å². The zero-order chi connectivity index (χ0) is 13.5. The fraction of sp³-hybridized carbons (Fsp3) is 0.867. The highest BCUT2D eigenvalue weighted by atomic mass is 15.1. The van der Waals surface area contributed by atoms with Gasteiger partial charge >= 0.3 is 0 Å².